The first-order valence-corrected chi connectivity index (χ1v) is 12.5. The Labute approximate surface area is 191 Å². The molecule has 1 aliphatic rings. The second kappa shape index (κ2) is 9.08. The predicted octanol–water partition coefficient (Wildman–Crippen LogP) is 1.67. The minimum Gasteiger partial charge on any atom is -0.459 e. The van der Waals surface area contributed by atoms with Gasteiger partial charge in [0.25, 0.3) is 5.56 Å². The molecule has 176 valence electrons. The van der Waals surface area contributed by atoms with E-state index < -0.39 is 10.0 Å². The van der Waals surface area contributed by atoms with Gasteiger partial charge in [-0.15, -0.1) is 0 Å². The number of hydrogen-bond donors (Lipinski definition) is 2. The van der Waals surface area contributed by atoms with Crippen molar-refractivity contribution in [3.63, 3.8) is 0 Å². The molecule has 4 rings (SSSR count). The standard InChI is InChI=1S/C22H27N5O5S/c1-14(28)24-20-10-15(4-7-23-20)19-13-26(2)22(29)18-11-17(32-21(18)19)12-27-8-5-16(6-9-27)25-33(3,30)31/h4,7,10-11,13,16,25H,5-6,8-9,12H2,1-3H3,(H,23,24,28). The first kappa shape index (κ1) is 23.1. The monoisotopic (exact) mass is 473 g/mol. The van der Waals surface area contributed by atoms with Gasteiger partial charge < -0.3 is 14.3 Å². The van der Waals surface area contributed by atoms with E-state index in [4.69, 9.17) is 4.42 Å². The van der Waals surface area contributed by atoms with Crippen LogP contribution in [0.2, 0.25) is 0 Å². The minimum atomic E-state index is -3.22. The lowest BCUT2D eigenvalue weighted by atomic mass is 10.1. The quantitative estimate of drug-likeness (QED) is 0.558. The highest BCUT2D eigenvalue weighted by molar-refractivity contribution is 7.88. The van der Waals surface area contributed by atoms with Crippen LogP contribution in [0.4, 0.5) is 5.82 Å². The SMILES string of the molecule is CC(=O)Nc1cc(-c2cn(C)c(=O)c3cc(CN4CCC(NS(C)(=O)=O)CC4)oc23)ccn1. The molecule has 0 aliphatic carbocycles. The average molecular weight is 474 g/mol. The van der Waals surface area contributed by atoms with Gasteiger partial charge >= 0.3 is 0 Å². The number of amides is 1. The van der Waals surface area contributed by atoms with E-state index in [1.165, 1.54) is 17.7 Å². The predicted molar refractivity (Wildman–Crippen MR) is 125 cm³/mol. The highest BCUT2D eigenvalue weighted by atomic mass is 32.2. The Morgan fingerprint density at radius 2 is 2.00 bits per heavy atom. The van der Waals surface area contributed by atoms with Crippen LogP contribution in [-0.2, 0) is 28.4 Å². The molecule has 0 radical (unpaired) electrons. The molecule has 0 unspecified atom stereocenters. The summed E-state index contributed by atoms with van der Waals surface area (Å²) in [5.74, 6) is 0.862. The zero-order valence-corrected chi connectivity index (χ0v) is 19.6. The zero-order valence-electron chi connectivity index (χ0n) is 18.8. The number of sulfonamides is 1. The number of carbonyl (C=O) groups excluding carboxylic acids is 1. The number of likely N-dealkylation sites (tertiary alicyclic amines) is 1. The van der Waals surface area contributed by atoms with Crippen LogP contribution in [0.25, 0.3) is 22.1 Å². The average Bonchev–Trinajstić information content (AvgIpc) is 3.15. The Morgan fingerprint density at radius 1 is 1.27 bits per heavy atom. The zero-order chi connectivity index (χ0) is 23.8. The van der Waals surface area contributed by atoms with Gasteiger partial charge in [-0.05, 0) is 36.6 Å². The molecule has 10 nitrogen and oxygen atoms in total. The number of anilines is 1. The van der Waals surface area contributed by atoms with E-state index in [-0.39, 0.29) is 17.5 Å². The van der Waals surface area contributed by atoms with Crippen LogP contribution in [0.5, 0.6) is 0 Å². The number of pyridine rings is 2. The van der Waals surface area contributed by atoms with Gasteiger partial charge in [-0.25, -0.2) is 18.1 Å². The van der Waals surface area contributed by atoms with E-state index in [0.29, 0.717) is 41.9 Å². The molecule has 11 heteroatoms. The topological polar surface area (TPSA) is 127 Å². The first-order valence-electron chi connectivity index (χ1n) is 10.6. The van der Waals surface area contributed by atoms with Crippen molar-refractivity contribution >= 4 is 32.7 Å². The van der Waals surface area contributed by atoms with E-state index >= 15 is 0 Å². The fraction of sp³-hybridized carbons (Fsp3) is 0.409. The Bertz CT molecular complexity index is 1350. The van der Waals surface area contributed by atoms with Crippen molar-refractivity contribution in [2.75, 3.05) is 24.7 Å². The summed E-state index contributed by atoms with van der Waals surface area (Å²) in [6, 6.07) is 5.25. The van der Waals surface area contributed by atoms with Crippen LogP contribution in [0.15, 0.2) is 39.8 Å². The molecule has 4 heterocycles. The number of rotatable bonds is 6. The van der Waals surface area contributed by atoms with E-state index in [1.807, 2.05) is 0 Å². The summed E-state index contributed by atoms with van der Waals surface area (Å²) in [5.41, 5.74) is 1.82. The molecule has 0 aromatic carbocycles. The maximum Gasteiger partial charge on any atom is 0.261 e. The van der Waals surface area contributed by atoms with Gasteiger partial charge in [0.05, 0.1) is 18.2 Å². The second-order valence-electron chi connectivity index (χ2n) is 8.47. The van der Waals surface area contributed by atoms with Crippen LogP contribution in [0, 0.1) is 0 Å². The van der Waals surface area contributed by atoms with Crippen molar-refractivity contribution in [2.24, 2.45) is 7.05 Å². The van der Waals surface area contributed by atoms with Gasteiger partial charge in [-0.3, -0.25) is 14.5 Å². The van der Waals surface area contributed by atoms with Crippen molar-refractivity contribution in [2.45, 2.75) is 32.4 Å². The van der Waals surface area contributed by atoms with Crippen LogP contribution in [0.3, 0.4) is 0 Å². The molecule has 33 heavy (non-hydrogen) atoms. The number of fused-ring (bicyclic) bond motifs is 1. The van der Waals surface area contributed by atoms with Crippen molar-refractivity contribution in [3.8, 4) is 11.1 Å². The normalized spacial score (nSPS) is 15.7. The molecule has 0 saturated carbocycles. The molecular formula is C22H27N5O5S. The third-order valence-corrected chi connectivity index (χ3v) is 6.39. The summed E-state index contributed by atoms with van der Waals surface area (Å²) < 4.78 is 33.2. The second-order valence-corrected chi connectivity index (χ2v) is 10.2. The Hall–Kier alpha value is -3.02. The van der Waals surface area contributed by atoms with Crippen LogP contribution >= 0.6 is 0 Å². The lowest BCUT2D eigenvalue weighted by Gasteiger charge is -2.31. The molecule has 1 saturated heterocycles. The van der Waals surface area contributed by atoms with E-state index in [1.54, 1.807) is 37.6 Å². The molecule has 0 atom stereocenters. The number of furan rings is 1. The number of carbonyl (C=O) groups is 1. The third-order valence-electron chi connectivity index (χ3n) is 5.62. The number of aryl methyl sites for hydroxylation is 1. The largest absolute Gasteiger partial charge is 0.459 e. The minimum absolute atomic E-state index is 0.0599. The molecule has 1 fully saturated rings. The van der Waals surface area contributed by atoms with Gasteiger partial charge in [0.2, 0.25) is 15.9 Å². The fourth-order valence-electron chi connectivity index (χ4n) is 4.16. The summed E-state index contributed by atoms with van der Waals surface area (Å²) in [6.45, 7) is 3.38. The van der Waals surface area contributed by atoms with Crippen LogP contribution in [0.1, 0.15) is 25.5 Å². The number of nitrogens with zero attached hydrogens (tertiary/aromatic N) is 3. The molecule has 3 aromatic rings. The van der Waals surface area contributed by atoms with Gasteiger partial charge in [-0.1, -0.05) is 0 Å². The summed E-state index contributed by atoms with van der Waals surface area (Å²) in [7, 11) is -1.53. The van der Waals surface area contributed by atoms with Crippen molar-refractivity contribution in [3.05, 3.63) is 46.7 Å². The molecular weight excluding hydrogens is 446 g/mol. The van der Waals surface area contributed by atoms with Crippen molar-refractivity contribution < 1.29 is 17.6 Å². The van der Waals surface area contributed by atoms with Crippen LogP contribution < -0.4 is 15.6 Å². The van der Waals surface area contributed by atoms with Gasteiger partial charge in [-0.2, -0.15) is 0 Å². The number of piperidine rings is 1. The summed E-state index contributed by atoms with van der Waals surface area (Å²) in [5, 5.41) is 3.15. The molecule has 1 amide bonds. The number of hydrogen-bond acceptors (Lipinski definition) is 7. The summed E-state index contributed by atoms with van der Waals surface area (Å²) in [6.07, 6.45) is 5.91. The van der Waals surface area contributed by atoms with E-state index in [2.05, 4.69) is 19.9 Å². The van der Waals surface area contributed by atoms with Crippen LogP contribution in [-0.4, -0.2) is 54.2 Å². The Kier molecular flexibility index (Phi) is 6.37. The molecule has 3 aromatic heterocycles. The lowest BCUT2D eigenvalue weighted by Crippen LogP contribution is -2.43. The molecule has 0 spiro atoms. The van der Waals surface area contributed by atoms with E-state index in [0.717, 1.165) is 24.2 Å². The van der Waals surface area contributed by atoms with E-state index in [9.17, 15) is 18.0 Å². The highest BCUT2D eigenvalue weighted by Gasteiger charge is 2.23. The maximum atomic E-state index is 12.8. The van der Waals surface area contributed by atoms with Crippen molar-refractivity contribution in [1.82, 2.24) is 19.2 Å². The molecule has 0 bridgehead atoms. The molecule has 2 N–H and O–H groups in total. The maximum absolute atomic E-state index is 12.8. The third kappa shape index (κ3) is 5.49. The van der Waals surface area contributed by atoms with Gasteiger partial charge in [0.15, 0.2) is 0 Å². The summed E-state index contributed by atoms with van der Waals surface area (Å²) in [4.78, 5) is 30.5. The first-order chi connectivity index (χ1) is 15.6. The Morgan fingerprint density at radius 3 is 2.67 bits per heavy atom. The number of nitrogens with one attached hydrogen (secondary N) is 2. The van der Waals surface area contributed by atoms with Crippen molar-refractivity contribution in [1.29, 1.82) is 0 Å². The smallest absolute Gasteiger partial charge is 0.261 e. The summed E-state index contributed by atoms with van der Waals surface area (Å²) >= 11 is 0. The Balaban J connectivity index is 1.60. The highest BCUT2D eigenvalue weighted by Crippen LogP contribution is 2.30. The molecule has 1 aliphatic heterocycles. The fourth-order valence-corrected chi connectivity index (χ4v) is 5.01. The lowest BCUT2D eigenvalue weighted by molar-refractivity contribution is -0.114. The van der Waals surface area contributed by atoms with Gasteiger partial charge in [0.1, 0.15) is 17.2 Å². The van der Waals surface area contributed by atoms with Gasteiger partial charge in [0, 0.05) is 51.1 Å². The number of aromatic nitrogens is 2.